The predicted molar refractivity (Wildman–Crippen MR) is 138 cm³/mol. The number of carbonyl (C=O) groups is 1. The van der Waals surface area contributed by atoms with Crippen LogP contribution < -0.4 is 10.6 Å². The molecule has 0 aliphatic carbocycles. The molecule has 8 nitrogen and oxygen atoms in total. The first-order valence-electron chi connectivity index (χ1n) is 11.9. The summed E-state index contributed by atoms with van der Waals surface area (Å²) in [4.78, 5) is 22.3. The Morgan fingerprint density at radius 2 is 2.00 bits per heavy atom. The molecule has 2 N–H and O–H groups in total. The van der Waals surface area contributed by atoms with Crippen LogP contribution in [0.2, 0.25) is 0 Å². The van der Waals surface area contributed by atoms with Crippen LogP contribution in [-0.4, -0.2) is 65.0 Å². The molecule has 0 atom stereocenters. The van der Waals surface area contributed by atoms with Crippen LogP contribution in [-0.2, 0) is 16.1 Å². The molecule has 0 bridgehead atoms. The lowest BCUT2D eigenvalue weighted by Gasteiger charge is -2.36. The predicted octanol–water partition coefficient (Wildman–Crippen LogP) is 3.21. The first-order chi connectivity index (χ1) is 17.0. The summed E-state index contributed by atoms with van der Waals surface area (Å²) in [5.41, 5.74) is 10.8. The van der Waals surface area contributed by atoms with Crippen molar-refractivity contribution in [2.45, 2.75) is 13.5 Å². The van der Waals surface area contributed by atoms with Crippen molar-refractivity contribution in [3.8, 4) is 17.1 Å². The molecule has 0 saturated carbocycles. The zero-order chi connectivity index (χ0) is 23.9. The van der Waals surface area contributed by atoms with Crippen LogP contribution in [0.3, 0.4) is 0 Å². The van der Waals surface area contributed by atoms with E-state index < -0.39 is 0 Å². The molecule has 0 radical (unpaired) electrons. The van der Waals surface area contributed by atoms with Gasteiger partial charge in [-0.2, -0.15) is 5.10 Å². The van der Waals surface area contributed by atoms with E-state index in [1.54, 1.807) is 11.3 Å². The van der Waals surface area contributed by atoms with Gasteiger partial charge in [-0.1, -0.05) is 23.8 Å². The van der Waals surface area contributed by atoms with E-state index >= 15 is 0 Å². The van der Waals surface area contributed by atoms with Crippen molar-refractivity contribution in [1.82, 2.24) is 19.7 Å². The third-order valence-electron chi connectivity index (χ3n) is 6.73. The molecule has 6 rings (SSSR count). The van der Waals surface area contributed by atoms with Gasteiger partial charge in [0.15, 0.2) is 5.82 Å². The molecular formula is C26H28N6O2S. The number of morpholine rings is 1. The van der Waals surface area contributed by atoms with Gasteiger partial charge in [0, 0.05) is 55.4 Å². The third-order valence-corrected chi connectivity index (χ3v) is 7.86. The molecular weight excluding hydrogens is 460 g/mol. The standard InChI is InChI=1S/C26H28N6O2S/c1-17-3-2-4-18(11-17)21-5-6-32(29-21)24-13-23(31-7-9-34-10-8-31)25-22(28-24)12-20(35-25)16-30-14-19(15-30)26(27)33/h2-6,11-13,19H,7-10,14-16H2,1H3,(H2,27,33). The number of hydrogen-bond donors (Lipinski definition) is 1. The number of rotatable bonds is 6. The minimum absolute atomic E-state index is 0.0274. The van der Waals surface area contributed by atoms with E-state index in [0.29, 0.717) is 0 Å². The molecule has 2 aliphatic rings. The highest BCUT2D eigenvalue weighted by Gasteiger charge is 2.31. The number of aryl methyl sites for hydroxylation is 1. The smallest absolute Gasteiger partial charge is 0.223 e. The Bertz CT molecular complexity index is 1380. The maximum Gasteiger partial charge on any atom is 0.223 e. The number of aromatic nitrogens is 3. The largest absolute Gasteiger partial charge is 0.378 e. The number of thiophene rings is 1. The first-order valence-corrected chi connectivity index (χ1v) is 12.8. The Labute approximate surface area is 207 Å². The van der Waals surface area contributed by atoms with Crippen molar-refractivity contribution in [3.05, 3.63) is 59.1 Å². The highest BCUT2D eigenvalue weighted by atomic mass is 32.1. The van der Waals surface area contributed by atoms with Gasteiger partial charge in [0.1, 0.15) is 0 Å². The number of nitrogens with two attached hydrogens (primary N) is 1. The van der Waals surface area contributed by atoms with Crippen LogP contribution in [0.15, 0.2) is 48.7 Å². The van der Waals surface area contributed by atoms with Crippen molar-refractivity contribution in [2.75, 3.05) is 44.3 Å². The highest BCUT2D eigenvalue weighted by Crippen LogP contribution is 2.36. The third kappa shape index (κ3) is 4.42. The van der Waals surface area contributed by atoms with Gasteiger partial charge in [-0.05, 0) is 25.1 Å². The zero-order valence-electron chi connectivity index (χ0n) is 19.7. The van der Waals surface area contributed by atoms with Gasteiger partial charge in [0.2, 0.25) is 5.91 Å². The van der Waals surface area contributed by atoms with E-state index in [0.717, 1.165) is 68.5 Å². The summed E-state index contributed by atoms with van der Waals surface area (Å²) in [6.07, 6.45) is 1.98. The summed E-state index contributed by atoms with van der Waals surface area (Å²) in [6.45, 7) is 7.51. The topological polar surface area (TPSA) is 89.5 Å². The number of amides is 1. The van der Waals surface area contributed by atoms with Crippen LogP contribution in [0.1, 0.15) is 10.4 Å². The van der Waals surface area contributed by atoms with Gasteiger partial charge >= 0.3 is 0 Å². The highest BCUT2D eigenvalue weighted by molar-refractivity contribution is 7.19. The second-order valence-electron chi connectivity index (χ2n) is 9.33. The number of benzene rings is 1. The summed E-state index contributed by atoms with van der Waals surface area (Å²) >= 11 is 1.78. The Morgan fingerprint density at radius 3 is 2.77 bits per heavy atom. The van der Waals surface area contributed by atoms with Gasteiger partial charge in [-0.25, -0.2) is 9.67 Å². The van der Waals surface area contributed by atoms with Gasteiger partial charge in [-0.15, -0.1) is 11.3 Å². The number of hydrogen-bond acceptors (Lipinski definition) is 7. The molecule has 3 aromatic heterocycles. The van der Waals surface area contributed by atoms with E-state index in [4.69, 9.17) is 20.6 Å². The Hall–Kier alpha value is -3.27. The molecule has 1 amide bonds. The van der Waals surface area contributed by atoms with Crippen LogP contribution in [0.4, 0.5) is 5.69 Å². The summed E-state index contributed by atoms with van der Waals surface area (Å²) in [5, 5.41) is 4.85. The van der Waals surface area contributed by atoms with E-state index in [-0.39, 0.29) is 11.8 Å². The number of primary amides is 1. The van der Waals surface area contributed by atoms with Crippen molar-refractivity contribution >= 4 is 33.1 Å². The summed E-state index contributed by atoms with van der Waals surface area (Å²) < 4.78 is 8.65. The molecule has 1 aromatic carbocycles. The maximum absolute atomic E-state index is 11.4. The molecule has 35 heavy (non-hydrogen) atoms. The normalized spacial score (nSPS) is 17.1. The average Bonchev–Trinajstić information content (AvgIpc) is 3.48. The number of fused-ring (bicyclic) bond motifs is 1. The molecule has 2 fully saturated rings. The van der Waals surface area contributed by atoms with Gasteiger partial charge < -0.3 is 15.4 Å². The zero-order valence-corrected chi connectivity index (χ0v) is 20.5. The Kier molecular flexibility index (Phi) is 5.75. The molecule has 0 spiro atoms. The number of likely N-dealkylation sites (tertiary alicyclic amines) is 1. The second kappa shape index (κ2) is 9.07. The molecule has 0 unspecified atom stereocenters. The molecule has 2 aliphatic heterocycles. The van der Waals surface area contributed by atoms with Crippen LogP contribution in [0, 0.1) is 12.8 Å². The number of anilines is 1. The van der Waals surface area contributed by atoms with Crippen molar-refractivity contribution in [3.63, 3.8) is 0 Å². The number of nitrogens with zero attached hydrogens (tertiary/aromatic N) is 5. The Balaban J connectivity index is 1.35. The molecule has 9 heteroatoms. The quantitative estimate of drug-likeness (QED) is 0.448. The van der Waals surface area contributed by atoms with Gasteiger partial charge in [0.05, 0.1) is 40.7 Å². The van der Waals surface area contributed by atoms with E-state index in [2.05, 4.69) is 53.1 Å². The minimum atomic E-state index is -0.206. The lowest BCUT2D eigenvalue weighted by molar-refractivity contribution is -0.127. The fraction of sp³-hybridized carbons (Fsp3) is 0.346. The summed E-state index contributed by atoms with van der Waals surface area (Å²) in [5.74, 6) is 0.572. The monoisotopic (exact) mass is 488 g/mol. The number of pyridine rings is 1. The van der Waals surface area contributed by atoms with E-state index in [1.807, 2.05) is 16.9 Å². The summed E-state index contributed by atoms with van der Waals surface area (Å²) in [7, 11) is 0. The van der Waals surface area contributed by atoms with Crippen molar-refractivity contribution < 1.29 is 9.53 Å². The molecule has 4 aromatic rings. The second-order valence-corrected chi connectivity index (χ2v) is 10.5. The lowest BCUT2D eigenvalue weighted by atomic mass is 10.00. The first kappa shape index (κ1) is 22.2. The van der Waals surface area contributed by atoms with E-state index in [9.17, 15) is 4.79 Å². The molecule has 5 heterocycles. The SMILES string of the molecule is Cc1cccc(-c2ccn(-c3cc(N4CCOCC4)c4sc(CN5CC(C(N)=O)C5)cc4n3)n2)c1. The fourth-order valence-electron chi connectivity index (χ4n) is 4.78. The van der Waals surface area contributed by atoms with E-state index in [1.165, 1.54) is 20.8 Å². The minimum Gasteiger partial charge on any atom is -0.378 e. The van der Waals surface area contributed by atoms with Crippen LogP contribution >= 0.6 is 11.3 Å². The fourth-order valence-corrected chi connectivity index (χ4v) is 5.97. The Morgan fingerprint density at radius 1 is 1.17 bits per heavy atom. The van der Waals surface area contributed by atoms with Crippen molar-refractivity contribution in [1.29, 1.82) is 0 Å². The average molecular weight is 489 g/mol. The number of carbonyl (C=O) groups excluding carboxylic acids is 1. The van der Waals surface area contributed by atoms with Gasteiger partial charge in [0.25, 0.3) is 0 Å². The maximum atomic E-state index is 11.4. The van der Waals surface area contributed by atoms with Crippen molar-refractivity contribution in [2.24, 2.45) is 11.7 Å². The lowest BCUT2D eigenvalue weighted by Crippen LogP contribution is -2.51. The van der Waals surface area contributed by atoms with Crippen LogP contribution in [0.25, 0.3) is 27.3 Å². The summed E-state index contributed by atoms with van der Waals surface area (Å²) in [6, 6.07) is 14.7. The van der Waals surface area contributed by atoms with Gasteiger partial charge in [-0.3, -0.25) is 9.69 Å². The molecule has 180 valence electrons. The van der Waals surface area contributed by atoms with Crippen LogP contribution in [0.5, 0.6) is 0 Å². The number of ether oxygens (including phenoxy) is 1. The molecule has 2 saturated heterocycles.